The number of furan rings is 1. The second-order valence-electron chi connectivity index (χ2n) is 4.96. The second kappa shape index (κ2) is 4.84. The maximum Gasteiger partial charge on any atom is 0.258 e. The fraction of sp³-hybridized carbons (Fsp3) is 0.312. The summed E-state index contributed by atoms with van der Waals surface area (Å²) in [5.74, 6) is 2.64. The Morgan fingerprint density at radius 1 is 1.19 bits per heavy atom. The van der Waals surface area contributed by atoms with Gasteiger partial charge in [0.05, 0.1) is 12.0 Å². The Labute approximate surface area is 122 Å². The van der Waals surface area contributed by atoms with Gasteiger partial charge < -0.3 is 18.6 Å². The molecule has 0 spiro atoms. The first-order chi connectivity index (χ1) is 10.3. The van der Waals surface area contributed by atoms with E-state index in [-0.39, 0.29) is 6.10 Å². The quantitative estimate of drug-likeness (QED) is 0.845. The van der Waals surface area contributed by atoms with E-state index >= 15 is 0 Å². The van der Waals surface area contributed by atoms with Crippen molar-refractivity contribution >= 4 is 11.6 Å². The number of aliphatic imine (C=N–C) groups is 1. The fourth-order valence-corrected chi connectivity index (χ4v) is 2.60. The van der Waals surface area contributed by atoms with Gasteiger partial charge in [-0.25, -0.2) is 4.99 Å². The van der Waals surface area contributed by atoms with E-state index < -0.39 is 0 Å². The maximum absolute atomic E-state index is 5.96. The highest BCUT2D eigenvalue weighted by Gasteiger charge is 2.27. The number of hydrogen-bond acceptors (Lipinski definition) is 5. The summed E-state index contributed by atoms with van der Waals surface area (Å²) in [6.07, 6.45) is 2.39. The second-order valence-corrected chi connectivity index (χ2v) is 4.96. The summed E-state index contributed by atoms with van der Waals surface area (Å²) in [6.45, 7) is 3.22. The molecule has 108 valence electrons. The van der Waals surface area contributed by atoms with E-state index in [4.69, 9.17) is 18.6 Å². The summed E-state index contributed by atoms with van der Waals surface area (Å²) in [4.78, 5) is 4.56. The van der Waals surface area contributed by atoms with E-state index in [1.165, 1.54) is 0 Å². The molecule has 3 heterocycles. The van der Waals surface area contributed by atoms with E-state index in [1.54, 1.807) is 6.26 Å². The van der Waals surface area contributed by atoms with Crippen LogP contribution in [0.25, 0.3) is 0 Å². The Hall–Kier alpha value is -2.43. The van der Waals surface area contributed by atoms with Gasteiger partial charge in [-0.1, -0.05) is 6.92 Å². The molecule has 5 heteroatoms. The molecule has 1 atom stereocenters. The van der Waals surface area contributed by atoms with Crippen molar-refractivity contribution in [2.45, 2.75) is 19.4 Å². The summed E-state index contributed by atoms with van der Waals surface area (Å²) < 4.78 is 22.6. The molecular formula is C16H15NO4. The normalized spacial score (nSPS) is 19.5. The van der Waals surface area contributed by atoms with Crippen LogP contribution in [-0.4, -0.2) is 19.1 Å². The predicted molar refractivity (Wildman–Crippen MR) is 76.5 cm³/mol. The lowest BCUT2D eigenvalue weighted by atomic mass is 10.0. The summed E-state index contributed by atoms with van der Waals surface area (Å²) in [5, 5.41) is 0. The van der Waals surface area contributed by atoms with Crippen LogP contribution in [0.5, 0.6) is 11.5 Å². The van der Waals surface area contributed by atoms with Crippen molar-refractivity contribution in [2.24, 2.45) is 4.99 Å². The molecular weight excluding hydrogens is 270 g/mol. The molecule has 0 N–H and O–H groups in total. The lowest BCUT2D eigenvalue weighted by molar-refractivity contribution is 0.164. The molecule has 0 saturated heterocycles. The van der Waals surface area contributed by atoms with Crippen LogP contribution >= 0.6 is 0 Å². The third-order valence-electron chi connectivity index (χ3n) is 3.62. The van der Waals surface area contributed by atoms with Crippen molar-refractivity contribution < 1.29 is 18.6 Å². The molecule has 21 heavy (non-hydrogen) atoms. The molecule has 0 amide bonds. The van der Waals surface area contributed by atoms with E-state index in [0.717, 1.165) is 29.2 Å². The minimum Gasteiger partial charge on any atom is -0.486 e. The van der Waals surface area contributed by atoms with Crippen LogP contribution in [0.4, 0.5) is 5.69 Å². The third kappa shape index (κ3) is 2.05. The third-order valence-corrected chi connectivity index (χ3v) is 3.62. The molecule has 0 bridgehead atoms. The summed E-state index contributed by atoms with van der Waals surface area (Å²) in [7, 11) is 0. The zero-order valence-electron chi connectivity index (χ0n) is 11.7. The summed E-state index contributed by atoms with van der Waals surface area (Å²) in [6, 6.07) is 7.55. The summed E-state index contributed by atoms with van der Waals surface area (Å²) in [5.41, 5.74) is 1.88. The molecule has 1 unspecified atom stereocenters. The van der Waals surface area contributed by atoms with Crippen LogP contribution in [0, 0.1) is 0 Å². The molecule has 1 aromatic heterocycles. The van der Waals surface area contributed by atoms with Gasteiger partial charge in [0.2, 0.25) is 0 Å². The first kappa shape index (κ1) is 12.3. The SMILES string of the molecule is CCC1OC(c2ccco2)=Nc2cc3c(cc21)OCCO3. The van der Waals surface area contributed by atoms with Gasteiger partial charge in [0.15, 0.2) is 17.3 Å². The van der Waals surface area contributed by atoms with E-state index in [1.807, 2.05) is 24.3 Å². The number of ether oxygens (including phenoxy) is 3. The van der Waals surface area contributed by atoms with E-state index in [9.17, 15) is 0 Å². The predicted octanol–water partition coefficient (Wildman–Crippen LogP) is 3.61. The number of nitrogens with zero attached hydrogens (tertiary/aromatic N) is 1. The highest BCUT2D eigenvalue weighted by Crippen LogP contribution is 2.43. The van der Waals surface area contributed by atoms with Crippen molar-refractivity contribution in [1.29, 1.82) is 0 Å². The number of benzene rings is 1. The van der Waals surface area contributed by atoms with Gasteiger partial charge in [-0.05, 0) is 24.6 Å². The molecule has 2 aliphatic rings. The van der Waals surface area contributed by atoms with Gasteiger partial charge in [0, 0.05) is 11.6 Å². The zero-order valence-corrected chi connectivity index (χ0v) is 11.7. The molecule has 4 rings (SSSR count). The van der Waals surface area contributed by atoms with Crippen molar-refractivity contribution in [3.8, 4) is 11.5 Å². The Bertz CT molecular complexity index is 691. The smallest absolute Gasteiger partial charge is 0.258 e. The van der Waals surface area contributed by atoms with Crippen LogP contribution in [0.15, 0.2) is 39.9 Å². The van der Waals surface area contributed by atoms with Crippen molar-refractivity contribution in [3.63, 3.8) is 0 Å². The molecule has 2 aromatic rings. The minimum atomic E-state index is -0.0616. The Morgan fingerprint density at radius 3 is 2.71 bits per heavy atom. The highest BCUT2D eigenvalue weighted by atomic mass is 16.6. The molecule has 1 aromatic carbocycles. The molecule has 0 radical (unpaired) electrons. The number of hydrogen-bond donors (Lipinski definition) is 0. The van der Waals surface area contributed by atoms with Crippen molar-refractivity contribution in [2.75, 3.05) is 13.2 Å². The van der Waals surface area contributed by atoms with Gasteiger partial charge in [0.1, 0.15) is 19.3 Å². The van der Waals surface area contributed by atoms with Crippen molar-refractivity contribution in [1.82, 2.24) is 0 Å². The largest absolute Gasteiger partial charge is 0.486 e. The first-order valence-corrected chi connectivity index (χ1v) is 7.08. The van der Waals surface area contributed by atoms with Gasteiger partial charge >= 0.3 is 0 Å². The maximum atomic E-state index is 5.96. The average Bonchev–Trinajstić information content (AvgIpc) is 3.06. The van der Waals surface area contributed by atoms with Crippen LogP contribution in [0.2, 0.25) is 0 Å². The van der Waals surface area contributed by atoms with Crippen LogP contribution in [0.1, 0.15) is 30.8 Å². The molecule has 0 saturated carbocycles. The minimum absolute atomic E-state index is 0.0616. The Morgan fingerprint density at radius 2 is 2.00 bits per heavy atom. The topological polar surface area (TPSA) is 53.2 Å². The lowest BCUT2D eigenvalue weighted by Crippen LogP contribution is -2.19. The summed E-state index contributed by atoms with van der Waals surface area (Å²) >= 11 is 0. The lowest BCUT2D eigenvalue weighted by Gasteiger charge is -2.27. The number of rotatable bonds is 2. The fourth-order valence-electron chi connectivity index (χ4n) is 2.60. The van der Waals surface area contributed by atoms with E-state index in [0.29, 0.717) is 24.9 Å². The molecule has 0 aliphatic carbocycles. The zero-order chi connectivity index (χ0) is 14.2. The number of fused-ring (bicyclic) bond motifs is 2. The Balaban J connectivity index is 1.83. The van der Waals surface area contributed by atoms with Gasteiger partial charge in [0.25, 0.3) is 5.90 Å². The average molecular weight is 285 g/mol. The molecule has 0 fully saturated rings. The monoisotopic (exact) mass is 285 g/mol. The standard InChI is InChI=1S/C16H15NO4/c1-2-12-10-8-14-15(20-7-6-19-14)9-11(10)17-16(21-12)13-4-3-5-18-13/h3-5,8-9,12H,2,6-7H2,1H3. The first-order valence-electron chi connectivity index (χ1n) is 7.08. The Kier molecular flexibility index (Phi) is 2.84. The van der Waals surface area contributed by atoms with Gasteiger partial charge in [-0.3, -0.25) is 0 Å². The molecule has 2 aliphatic heterocycles. The van der Waals surface area contributed by atoms with Crippen LogP contribution in [0.3, 0.4) is 0 Å². The van der Waals surface area contributed by atoms with Crippen molar-refractivity contribution in [3.05, 3.63) is 41.9 Å². The van der Waals surface area contributed by atoms with Gasteiger partial charge in [-0.2, -0.15) is 0 Å². The van der Waals surface area contributed by atoms with Crippen LogP contribution < -0.4 is 9.47 Å². The van der Waals surface area contributed by atoms with Gasteiger partial charge in [-0.15, -0.1) is 0 Å². The highest BCUT2D eigenvalue weighted by molar-refractivity contribution is 5.95. The van der Waals surface area contributed by atoms with E-state index in [2.05, 4.69) is 11.9 Å². The molecule has 5 nitrogen and oxygen atoms in total. The van der Waals surface area contributed by atoms with Crippen LogP contribution in [-0.2, 0) is 4.74 Å².